The molecule has 0 aliphatic carbocycles. The van der Waals surface area contributed by atoms with Gasteiger partial charge in [0.2, 0.25) is 5.88 Å². The summed E-state index contributed by atoms with van der Waals surface area (Å²) >= 11 is 0. The molecule has 122 valence electrons. The van der Waals surface area contributed by atoms with E-state index in [-0.39, 0.29) is 5.88 Å². The van der Waals surface area contributed by atoms with Gasteiger partial charge in [-0.25, -0.2) is 0 Å². The van der Waals surface area contributed by atoms with Gasteiger partial charge in [-0.2, -0.15) is 10.2 Å². The molecule has 2 aromatic rings. The van der Waals surface area contributed by atoms with Crippen LogP contribution in [0.25, 0.3) is 0 Å². The van der Waals surface area contributed by atoms with E-state index in [0.717, 1.165) is 16.7 Å². The average Bonchev–Trinajstić information content (AvgIpc) is 2.96. The van der Waals surface area contributed by atoms with Gasteiger partial charge < -0.3 is 24.5 Å². The van der Waals surface area contributed by atoms with Crippen LogP contribution < -0.4 is 15.5 Å². The number of nitrogens with one attached hydrogen (secondary N) is 1. The van der Waals surface area contributed by atoms with E-state index in [9.17, 15) is 5.02 Å². The molecule has 8 heteroatoms. The number of ether oxygens (including phenoxy) is 2. The van der Waals surface area contributed by atoms with Crippen LogP contribution in [0, 0.1) is 11.3 Å². The predicted molar refractivity (Wildman–Crippen MR) is 88.4 cm³/mol. The molecule has 0 saturated heterocycles. The quantitative estimate of drug-likeness (QED) is 0.602. The highest BCUT2D eigenvalue weighted by Crippen LogP contribution is 2.22. The lowest BCUT2D eigenvalue weighted by molar-refractivity contribution is 0.143. The molecule has 7 nitrogen and oxygen atoms in total. The zero-order valence-corrected chi connectivity index (χ0v) is 13.2. The lowest BCUT2D eigenvalue weighted by Gasteiger charge is -2.11. The van der Waals surface area contributed by atoms with Crippen LogP contribution in [0.4, 0.5) is 11.5 Å². The lowest BCUT2D eigenvalue weighted by atomic mass is 9.79. The number of hydrogen-bond donors (Lipinski definition) is 2. The number of fused-ring (bicyclic) bond motifs is 1. The number of rotatable bonds is 6. The van der Waals surface area contributed by atoms with Crippen molar-refractivity contribution in [2.75, 3.05) is 25.6 Å². The molecule has 0 spiro atoms. The summed E-state index contributed by atoms with van der Waals surface area (Å²) in [6.07, 6.45) is 0. The van der Waals surface area contributed by atoms with Gasteiger partial charge in [-0.3, -0.25) is 0 Å². The van der Waals surface area contributed by atoms with Crippen molar-refractivity contribution in [3.63, 3.8) is 0 Å². The van der Waals surface area contributed by atoms with Gasteiger partial charge in [-0.1, -0.05) is 6.07 Å². The molecule has 2 heterocycles. The Balaban J connectivity index is 1.78. The second-order valence-corrected chi connectivity index (χ2v) is 5.20. The van der Waals surface area contributed by atoms with Crippen molar-refractivity contribution >= 4 is 24.1 Å². The summed E-state index contributed by atoms with van der Waals surface area (Å²) < 4.78 is 15.6. The van der Waals surface area contributed by atoms with Gasteiger partial charge in [0.05, 0.1) is 13.2 Å². The summed E-state index contributed by atoms with van der Waals surface area (Å²) in [5, 5.41) is 21.9. The third kappa shape index (κ3) is 3.49. The molecule has 1 aliphatic heterocycles. The Morgan fingerprint density at radius 2 is 2.25 bits per heavy atom. The highest BCUT2D eigenvalue weighted by Gasteiger charge is 2.27. The minimum Gasteiger partial charge on any atom is -0.474 e. The molecule has 1 aromatic heterocycles. The topological polar surface area (TPSA) is 96.6 Å². The molecule has 1 aliphatic rings. The summed E-state index contributed by atoms with van der Waals surface area (Å²) in [7, 11) is 0.719. The van der Waals surface area contributed by atoms with E-state index in [1.54, 1.807) is 19.2 Å². The van der Waals surface area contributed by atoms with E-state index in [1.165, 1.54) is 0 Å². The van der Waals surface area contributed by atoms with Crippen molar-refractivity contribution in [2.24, 2.45) is 0 Å². The van der Waals surface area contributed by atoms with Gasteiger partial charge in [0.25, 0.3) is 0 Å². The second-order valence-electron chi connectivity index (χ2n) is 5.20. The molecule has 2 N–H and O–H groups in total. The SMILES string of the molecule is COCCOc1nc(Nc2ccc3c(c2)COB3O)ccc1C#N. The highest BCUT2D eigenvalue weighted by molar-refractivity contribution is 6.61. The monoisotopic (exact) mass is 325 g/mol. The van der Waals surface area contributed by atoms with Gasteiger partial charge in [0, 0.05) is 12.8 Å². The molecule has 3 rings (SSSR count). The summed E-state index contributed by atoms with van der Waals surface area (Å²) in [5.41, 5.74) is 2.88. The Hall–Kier alpha value is -2.60. The van der Waals surface area contributed by atoms with Crippen LogP contribution in [0.15, 0.2) is 30.3 Å². The third-order valence-electron chi connectivity index (χ3n) is 3.59. The first-order chi connectivity index (χ1) is 11.7. The zero-order valence-electron chi connectivity index (χ0n) is 13.2. The minimum atomic E-state index is -0.858. The van der Waals surface area contributed by atoms with E-state index in [1.807, 2.05) is 18.2 Å². The smallest absolute Gasteiger partial charge is 0.474 e. The van der Waals surface area contributed by atoms with Crippen molar-refractivity contribution in [3.8, 4) is 11.9 Å². The van der Waals surface area contributed by atoms with Crippen molar-refractivity contribution in [3.05, 3.63) is 41.5 Å². The maximum absolute atomic E-state index is 9.65. The summed E-state index contributed by atoms with van der Waals surface area (Å²) in [6.45, 7) is 1.10. The minimum absolute atomic E-state index is 0.263. The maximum atomic E-state index is 9.65. The van der Waals surface area contributed by atoms with E-state index in [2.05, 4.69) is 16.4 Å². The molecule has 24 heavy (non-hydrogen) atoms. The number of anilines is 2. The molecular weight excluding hydrogens is 309 g/mol. The second kappa shape index (κ2) is 7.32. The van der Waals surface area contributed by atoms with Gasteiger partial charge >= 0.3 is 7.12 Å². The number of pyridine rings is 1. The molecule has 0 amide bonds. The van der Waals surface area contributed by atoms with Crippen LogP contribution in [-0.4, -0.2) is 37.4 Å². The first-order valence-electron chi connectivity index (χ1n) is 7.43. The van der Waals surface area contributed by atoms with Crippen LogP contribution in [0.1, 0.15) is 11.1 Å². The predicted octanol–water partition coefficient (Wildman–Crippen LogP) is 0.940. The number of benzene rings is 1. The highest BCUT2D eigenvalue weighted by atomic mass is 16.5. The van der Waals surface area contributed by atoms with Crippen LogP contribution in [-0.2, 0) is 16.0 Å². The summed E-state index contributed by atoms with van der Waals surface area (Å²) in [5.74, 6) is 0.820. The van der Waals surface area contributed by atoms with Crippen LogP contribution in [0.5, 0.6) is 5.88 Å². The molecule has 0 fully saturated rings. The largest absolute Gasteiger partial charge is 0.491 e. The van der Waals surface area contributed by atoms with Gasteiger partial charge in [0.1, 0.15) is 24.1 Å². The Morgan fingerprint density at radius 1 is 1.38 bits per heavy atom. The van der Waals surface area contributed by atoms with Crippen LogP contribution in [0.2, 0.25) is 0 Å². The van der Waals surface area contributed by atoms with Crippen LogP contribution in [0.3, 0.4) is 0 Å². The van der Waals surface area contributed by atoms with Gasteiger partial charge in [-0.15, -0.1) is 0 Å². The van der Waals surface area contributed by atoms with E-state index in [0.29, 0.717) is 31.2 Å². The van der Waals surface area contributed by atoms with Crippen molar-refractivity contribution < 1.29 is 19.2 Å². The molecule has 0 atom stereocenters. The summed E-state index contributed by atoms with van der Waals surface area (Å²) in [6, 6.07) is 11.0. The number of methoxy groups -OCH3 is 1. The van der Waals surface area contributed by atoms with E-state index < -0.39 is 7.12 Å². The molecule has 0 radical (unpaired) electrons. The fourth-order valence-corrected chi connectivity index (χ4v) is 2.38. The number of aromatic nitrogens is 1. The Labute approximate surface area is 139 Å². The first kappa shape index (κ1) is 16.3. The van der Waals surface area contributed by atoms with Gasteiger partial charge in [0.15, 0.2) is 0 Å². The van der Waals surface area contributed by atoms with Gasteiger partial charge in [-0.05, 0) is 35.3 Å². The number of hydrogen-bond acceptors (Lipinski definition) is 7. The average molecular weight is 325 g/mol. The first-order valence-corrected chi connectivity index (χ1v) is 7.43. The molecule has 0 unspecified atom stereocenters. The van der Waals surface area contributed by atoms with Crippen molar-refractivity contribution in [1.82, 2.24) is 4.98 Å². The Bertz CT molecular complexity index is 778. The Kier molecular flexibility index (Phi) is 4.96. The normalized spacial score (nSPS) is 12.6. The fourth-order valence-electron chi connectivity index (χ4n) is 2.38. The molecule has 0 saturated carbocycles. The molecular formula is C16H16BN3O4. The van der Waals surface area contributed by atoms with Crippen LogP contribution >= 0.6 is 0 Å². The summed E-state index contributed by atoms with van der Waals surface area (Å²) in [4.78, 5) is 4.33. The molecule has 1 aromatic carbocycles. The Morgan fingerprint density at radius 3 is 3.04 bits per heavy atom. The van der Waals surface area contributed by atoms with Crippen molar-refractivity contribution in [2.45, 2.75) is 6.61 Å². The standard InChI is InChI=1S/C16H16BN3O4/c1-22-6-7-23-16-11(9-18)2-5-15(20-16)19-13-3-4-14-12(8-13)10-24-17(14)21/h2-5,8,21H,6-7,10H2,1H3,(H,19,20). The maximum Gasteiger partial charge on any atom is 0.491 e. The lowest BCUT2D eigenvalue weighted by Crippen LogP contribution is -2.27. The van der Waals surface area contributed by atoms with E-state index >= 15 is 0 Å². The third-order valence-corrected chi connectivity index (χ3v) is 3.59. The number of nitriles is 1. The molecule has 0 bridgehead atoms. The van der Waals surface area contributed by atoms with Crippen molar-refractivity contribution in [1.29, 1.82) is 5.26 Å². The number of nitrogens with zero attached hydrogens (tertiary/aromatic N) is 2. The fraction of sp³-hybridized carbons (Fsp3) is 0.250. The van der Waals surface area contributed by atoms with E-state index in [4.69, 9.17) is 19.4 Å². The zero-order chi connectivity index (χ0) is 16.9.